The molecule has 0 atom stereocenters. The number of methoxy groups -OCH3 is 1. The third-order valence-corrected chi connectivity index (χ3v) is 5.45. The molecule has 2 fully saturated rings. The van der Waals surface area contributed by atoms with Crippen LogP contribution >= 0.6 is 11.6 Å². The number of ether oxygens (including phenoxy) is 2. The Balaban J connectivity index is 1.36. The average molecular weight is 433 g/mol. The third kappa shape index (κ3) is 4.68. The minimum atomic E-state index is -0.174. The fourth-order valence-electron chi connectivity index (χ4n) is 3.54. The Morgan fingerprint density at radius 1 is 1.10 bits per heavy atom. The monoisotopic (exact) mass is 432 g/mol. The Morgan fingerprint density at radius 2 is 1.87 bits per heavy atom. The fourth-order valence-corrected chi connectivity index (χ4v) is 3.71. The van der Waals surface area contributed by atoms with Crippen molar-refractivity contribution in [1.82, 2.24) is 14.9 Å². The molecule has 1 aromatic heterocycles. The molecule has 3 heterocycles. The van der Waals surface area contributed by atoms with Gasteiger partial charge in [0.2, 0.25) is 5.95 Å². The van der Waals surface area contributed by atoms with Crippen molar-refractivity contribution in [3.63, 3.8) is 0 Å². The number of amides is 2. The lowest BCUT2D eigenvalue weighted by atomic mass is 10.3. The Hall–Kier alpha value is -2.78. The van der Waals surface area contributed by atoms with Crippen LogP contribution in [0.4, 0.5) is 22.2 Å². The van der Waals surface area contributed by atoms with Gasteiger partial charge in [-0.25, -0.2) is 9.78 Å². The first-order valence-electron chi connectivity index (χ1n) is 9.94. The first-order valence-corrected chi connectivity index (χ1v) is 10.3. The SMILES string of the molecule is COc1ccc(Cl)cc1NC(=O)N1CCN(c2ccnc(N3CCOCC3)n2)CC1. The van der Waals surface area contributed by atoms with E-state index < -0.39 is 0 Å². The number of hydrogen-bond acceptors (Lipinski definition) is 7. The van der Waals surface area contributed by atoms with E-state index in [1.807, 2.05) is 6.07 Å². The van der Waals surface area contributed by atoms with Crippen LogP contribution in [0.25, 0.3) is 0 Å². The average Bonchev–Trinajstić information content (AvgIpc) is 2.80. The second-order valence-corrected chi connectivity index (χ2v) is 7.50. The first-order chi connectivity index (χ1) is 14.6. The molecular formula is C20H25ClN6O3. The van der Waals surface area contributed by atoms with E-state index in [1.54, 1.807) is 36.4 Å². The van der Waals surface area contributed by atoms with Crippen molar-refractivity contribution in [3.05, 3.63) is 35.5 Å². The van der Waals surface area contributed by atoms with Gasteiger partial charge in [0.25, 0.3) is 0 Å². The van der Waals surface area contributed by atoms with Crippen molar-refractivity contribution in [3.8, 4) is 5.75 Å². The summed E-state index contributed by atoms with van der Waals surface area (Å²) in [6.45, 7) is 5.54. The largest absolute Gasteiger partial charge is 0.495 e. The van der Waals surface area contributed by atoms with Crippen LogP contribution in [0.1, 0.15) is 0 Å². The number of morpholine rings is 1. The molecule has 0 spiro atoms. The van der Waals surface area contributed by atoms with Crippen LogP contribution in [0, 0.1) is 0 Å². The number of nitrogens with zero attached hydrogens (tertiary/aromatic N) is 5. The van der Waals surface area contributed by atoms with Gasteiger partial charge in [0.05, 0.1) is 26.0 Å². The van der Waals surface area contributed by atoms with Crippen molar-refractivity contribution >= 4 is 35.1 Å². The van der Waals surface area contributed by atoms with E-state index in [9.17, 15) is 4.79 Å². The second-order valence-electron chi connectivity index (χ2n) is 7.06. The molecule has 2 saturated heterocycles. The summed E-state index contributed by atoms with van der Waals surface area (Å²) < 4.78 is 10.7. The highest BCUT2D eigenvalue weighted by molar-refractivity contribution is 6.31. The number of piperazine rings is 1. The molecule has 160 valence electrons. The van der Waals surface area contributed by atoms with E-state index in [0.717, 1.165) is 24.9 Å². The van der Waals surface area contributed by atoms with Crippen molar-refractivity contribution in [2.45, 2.75) is 0 Å². The maximum atomic E-state index is 12.7. The number of nitrogens with one attached hydrogen (secondary N) is 1. The van der Waals surface area contributed by atoms with Gasteiger partial charge in [-0.05, 0) is 24.3 Å². The summed E-state index contributed by atoms with van der Waals surface area (Å²) in [6.07, 6.45) is 1.79. The zero-order valence-electron chi connectivity index (χ0n) is 16.9. The number of carbonyl (C=O) groups is 1. The molecule has 0 unspecified atom stereocenters. The topological polar surface area (TPSA) is 83.1 Å². The van der Waals surface area contributed by atoms with E-state index in [1.165, 1.54) is 0 Å². The maximum Gasteiger partial charge on any atom is 0.322 e. The van der Waals surface area contributed by atoms with Gasteiger partial charge in [0.1, 0.15) is 11.6 Å². The van der Waals surface area contributed by atoms with Gasteiger partial charge in [0, 0.05) is 50.5 Å². The lowest BCUT2D eigenvalue weighted by molar-refractivity contribution is 0.122. The summed E-state index contributed by atoms with van der Waals surface area (Å²) in [7, 11) is 1.56. The number of urea groups is 1. The molecule has 0 radical (unpaired) electrons. The standard InChI is InChI=1S/C20H25ClN6O3/c1-29-17-3-2-15(21)14-16(17)23-20(28)27-8-6-25(7-9-27)18-4-5-22-19(24-18)26-10-12-30-13-11-26/h2-5,14H,6-13H2,1H3,(H,23,28). The van der Waals surface area contributed by atoms with Crippen molar-refractivity contribution in [1.29, 1.82) is 0 Å². The quantitative estimate of drug-likeness (QED) is 0.793. The van der Waals surface area contributed by atoms with E-state index >= 15 is 0 Å². The van der Waals surface area contributed by atoms with Crippen molar-refractivity contribution < 1.29 is 14.3 Å². The highest BCUT2D eigenvalue weighted by atomic mass is 35.5. The molecule has 0 saturated carbocycles. The van der Waals surface area contributed by atoms with Gasteiger partial charge in [-0.2, -0.15) is 4.98 Å². The van der Waals surface area contributed by atoms with Crippen LogP contribution in [0.15, 0.2) is 30.5 Å². The summed E-state index contributed by atoms with van der Waals surface area (Å²) in [5, 5.41) is 3.43. The lowest BCUT2D eigenvalue weighted by Crippen LogP contribution is -2.50. The van der Waals surface area contributed by atoms with Gasteiger partial charge < -0.3 is 29.5 Å². The molecule has 2 amide bonds. The second kappa shape index (κ2) is 9.36. The molecule has 1 N–H and O–H groups in total. The molecular weight excluding hydrogens is 408 g/mol. The summed E-state index contributed by atoms with van der Waals surface area (Å²) in [6, 6.07) is 6.88. The fraction of sp³-hybridized carbons (Fsp3) is 0.450. The molecule has 1 aromatic carbocycles. The summed E-state index contributed by atoms with van der Waals surface area (Å²) >= 11 is 6.05. The van der Waals surface area contributed by atoms with E-state index in [4.69, 9.17) is 26.1 Å². The Morgan fingerprint density at radius 3 is 2.60 bits per heavy atom. The Kier molecular flexibility index (Phi) is 6.39. The van der Waals surface area contributed by atoms with Crippen molar-refractivity contribution in [2.75, 3.05) is 74.7 Å². The minimum absolute atomic E-state index is 0.174. The molecule has 2 aliphatic heterocycles. The number of aromatic nitrogens is 2. The number of hydrogen-bond donors (Lipinski definition) is 1. The summed E-state index contributed by atoms with van der Waals surface area (Å²) in [4.78, 5) is 27.9. The first kappa shape index (κ1) is 20.5. The number of anilines is 3. The predicted octanol–water partition coefficient (Wildman–Crippen LogP) is 2.33. The molecule has 2 aromatic rings. The highest BCUT2D eigenvalue weighted by Gasteiger charge is 2.24. The van der Waals surface area contributed by atoms with Gasteiger partial charge in [-0.3, -0.25) is 0 Å². The Bertz CT molecular complexity index is 885. The van der Waals surface area contributed by atoms with Gasteiger partial charge in [-0.1, -0.05) is 11.6 Å². The summed E-state index contributed by atoms with van der Waals surface area (Å²) in [5.41, 5.74) is 0.559. The van der Waals surface area contributed by atoms with Crippen molar-refractivity contribution in [2.24, 2.45) is 0 Å². The number of carbonyl (C=O) groups excluding carboxylic acids is 1. The van der Waals surface area contributed by atoms with Gasteiger partial charge >= 0.3 is 6.03 Å². The zero-order chi connectivity index (χ0) is 20.9. The van der Waals surface area contributed by atoms with Crippen LogP contribution in [0.3, 0.4) is 0 Å². The summed E-state index contributed by atoms with van der Waals surface area (Å²) in [5.74, 6) is 2.18. The van der Waals surface area contributed by atoms with Crippen LogP contribution in [0.5, 0.6) is 5.75 Å². The lowest BCUT2D eigenvalue weighted by Gasteiger charge is -2.36. The molecule has 0 bridgehead atoms. The predicted molar refractivity (Wildman–Crippen MR) is 116 cm³/mol. The third-order valence-electron chi connectivity index (χ3n) is 5.22. The van der Waals surface area contributed by atoms with Gasteiger partial charge in [0.15, 0.2) is 0 Å². The number of rotatable bonds is 4. The zero-order valence-corrected chi connectivity index (χ0v) is 17.6. The molecule has 4 rings (SSSR count). The number of halogens is 1. The van der Waals surface area contributed by atoms with Crippen LogP contribution < -0.4 is 19.9 Å². The minimum Gasteiger partial charge on any atom is -0.495 e. The highest BCUT2D eigenvalue weighted by Crippen LogP contribution is 2.28. The van der Waals surface area contributed by atoms with E-state index in [2.05, 4.69) is 20.1 Å². The Labute approximate surface area is 180 Å². The number of benzene rings is 1. The smallest absolute Gasteiger partial charge is 0.322 e. The molecule has 9 nitrogen and oxygen atoms in total. The molecule has 0 aliphatic carbocycles. The van der Waals surface area contributed by atoms with Crippen LogP contribution in [-0.2, 0) is 4.74 Å². The van der Waals surface area contributed by atoms with E-state index in [0.29, 0.717) is 55.9 Å². The van der Waals surface area contributed by atoms with Gasteiger partial charge in [-0.15, -0.1) is 0 Å². The molecule has 2 aliphatic rings. The maximum absolute atomic E-state index is 12.7. The van der Waals surface area contributed by atoms with Crippen LogP contribution in [0.2, 0.25) is 5.02 Å². The molecule has 30 heavy (non-hydrogen) atoms. The van der Waals surface area contributed by atoms with Crippen LogP contribution in [-0.4, -0.2) is 80.5 Å². The molecule has 10 heteroatoms. The normalized spacial score (nSPS) is 17.1. The van der Waals surface area contributed by atoms with E-state index in [-0.39, 0.29) is 6.03 Å².